The molecular formula is C22H31N5O5. The van der Waals surface area contributed by atoms with Crippen LogP contribution in [0, 0.1) is 5.92 Å². The Kier molecular flexibility index (Phi) is 8.77. The van der Waals surface area contributed by atoms with Gasteiger partial charge in [-0.25, -0.2) is 4.79 Å². The van der Waals surface area contributed by atoms with Gasteiger partial charge in [0.1, 0.15) is 18.1 Å². The fourth-order valence-corrected chi connectivity index (χ4v) is 3.35. The fourth-order valence-electron chi connectivity index (χ4n) is 3.35. The van der Waals surface area contributed by atoms with Gasteiger partial charge in [0.25, 0.3) is 0 Å². The van der Waals surface area contributed by atoms with Gasteiger partial charge in [-0.15, -0.1) is 0 Å². The molecule has 2 aromatic rings. The molecule has 3 unspecified atom stereocenters. The van der Waals surface area contributed by atoms with Gasteiger partial charge in [-0.2, -0.15) is 0 Å². The van der Waals surface area contributed by atoms with Crippen molar-refractivity contribution in [1.82, 2.24) is 20.9 Å². The van der Waals surface area contributed by atoms with Crippen molar-refractivity contribution in [2.24, 2.45) is 11.7 Å². The normalized spacial score (nSPS) is 13.9. The summed E-state index contributed by atoms with van der Waals surface area (Å²) in [5.41, 5.74) is 7.10. The average molecular weight is 446 g/mol. The summed E-state index contributed by atoms with van der Waals surface area (Å²) in [5.74, 6) is -2.78. The zero-order valence-electron chi connectivity index (χ0n) is 18.5. The lowest BCUT2D eigenvalue weighted by Crippen LogP contribution is -2.55. The number of carboxylic acid groups (broad SMARTS) is 1. The maximum atomic E-state index is 12.9. The Balaban J connectivity index is 2.10. The lowest BCUT2D eigenvalue weighted by Gasteiger charge is -2.23. The van der Waals surface area contributed by atoms with Crippen LogP contribution in [0.25, 0.3) is 10.9 Å². The molecule has 32 heavy (non-hydrogen) atoms. The summed E-state index contributed by atoms with van der Waals surface area (Å²) in [7, 11) is 0. The van der Waals surface area contributed by atoms with E-state index >= 15 is 0 Å². The Labute approximate surface area is 186 Å². The van der Waals surface area contributed by atoms with Gasteiger partial charge in [0.05, 0.1) is 6.54 Å². The molecule has 10 nitrogen and oxygen atoms in total. The van der Waals surface area contributed by atoms with E-state index in [9.17, 15) is 24.3 Å². The van der Waals surface area contributed by atoms with Crippen LogP contribution in [0.1, 0.15) is 32.8 Å². The molecule has 0 bridgehead atoms. The number of H-pyrrole nitrogens is 1. The molecule has 7 N–H and O–H groups in total. The Hall–Kier alpha value is -3.40. The molecule has 0 saturated heterocycles. The molecular weight excluding hydrogens is 414 g/mol. The van der Waals surface area contributed by atoms with Crippen LogP contribution in [0.3, 0.4) is 0 Å². The number of carboxylic acids is 1. The van der Waals surface area contributed by atoms with Crippen LogP contribution in [0.4, 0.5) is 0 Å². The Morgan fingerprint density at radius 3 is 2.31 bits per heavy atom. The highest BCUT2D eigenvalue weighted by atomic mass is 16.4. The van der Waals surface area contributed by atoms with Crippen LogP contribution in [-0.4, -0.2) is 58.5 Å². The molecule has 174 valence electrons. The molecule has 3 atom stereocenters. The molecule has 10 heteroatoms. The van der Waals surface area contributed by atoms with Crippen molar-refractivity contribution in [2.45, 2.75) is 51.7 Å². The number of aromatic nitrogens is 1. The smallest absolute Gasteiger partial charge is 0.326 e. The molecule has 0 saturated carbocycles. The first-order chi connectivity index (χ1) is 15.1. The second-order valence-electron chi connectivity index (χ2n) is 8.15. The quantitative estimate of drug-likeness (QED) is 0.290. The zero-order valence-corrected chi connectivity index (χ0v) is 18.5. The van der Waals surface area contributed by atoms with E-state index in [-0.39, 0.29) is 25.3 Å². The number of amides is 3. The van der Waals surface area contributed by atoms with Gasteiger partial charge < -0.3 is 31.8 Å². The van der Waals surface area contributed by atoms with Gasteiger partial charge in [0.15, 0.2) is 0 Å². The van der Waals surface area contributed by atoms with Gasteiger partial charge in [-0.05, 0) is 30.9 Å². The number of fused-ring (bicyclic) bond motifs is 1. The molecule has 2 rings (SSSR count). The molecule has 0 aliphatic heterocycles. The molecule has 0 fully saturated rings. The first-order valence-electron chi connectivity index (χ1n) is 10.5. The van der Waals surface area contributed by atoms with Crippen molar-refractivity contribution >= 4 is 34.6 Å². The van der Waals surface area contributed by atoms with E-state index in [1.54, 1.807) is 6.20 Å². The standard InChI is InChI=1S/C22H31N5O5/c1-12(2)8-18(22(31)32)27-20(29)13(3)25-21(30)17(26-19(28)10-23)9-14-11-24-16-7-5-4-6-15(14)16/h4-7,11-13,17-18,24H,8-10,23H2,1-3H3,(H,25,30)(H,26,28)(H,27,29)(H,31,32). The minimum atomic E-state index is -1.14. The predicted octanol–water partition coefficient (Wildman–Crippen LogP) is 0.274. The van der Waals surface area contributed by atoms with Crippen LogP contribution < -0.4 is 21.7 Å². The van der Waals surface area contributed by atoms with E-state index < -0.39 is 41.8 Å². The van der Waals surface area contributed by atoms with Crippen molar-refractivity contribution in [3.8, 4) is 0 Å². The largest absolute Gasteiger partial charge is 0.480 e. The number of carbonyl (C=O) groups is 4. The van der Waals surface area contributed by atoms with E-state index in [0.29, 0.717) is 0 Å². The molecule has 0 spiro atoms. The van der Waals surface area contributed by atoms with Crippen molar-refractivity contribution in [3.05, 3.63) is 36.0 Å². The molecule has 0 aliphatic rings. The number of nitrogens with one attached hydrogen (secondary N) is 4. The number of aromatic amines is 1. The van der Waals surface area contributed by atoms with E-state index in [2.05, 4.69) is 20.9 Å². The Morgan fingerprint density at radius 1 is 1.00 bits per heavy atom. The number of hydrogen-bond donors (Lipinski definition) is 6. The molecule has 1 heterocycles. The SMILES string of the molecule is CC(C)CC(NC(=O)C(C)NC(=O)C(Cc1c[nH]c2ccccc12)NC(=O)CN)C(=O)O. The van der Waals surface area contributed by atoms with Crippen LogP contribution in [0.2, 0.25) is 0 Å². The Bertz CT molecular complexity index is 971. The minimum absolute atomic E-state index is 0.0633. The molecule has 0 aliphatic carbocycles. The van der Waals surface area contributed by atoms with Gasteiger partial charge in [0.2, 0.25) is 17.7 Å². The van der Waals surface area contributed by atoms with Gasteiger partial charge in [0, 0.05) is 23.5 Å². The van der Waals surface area contributed by atoms with Gasteiger partial charge in [-0.1, -0.05) is 32.0 Å². The topological polar surface area (TPSA) is 166 Å². The molecule has 1 aromatic carbocycles. The minimum Gasteiger partial charge on any atom is -0.480 e. The summed E-state index contributed by atoms with van der Waals surface area (Å²) in [5, 5.41) is 17.8. The third kappa shape index (κ3) is 6.81. The van der Waals surface area contributed by atoms with E-state index in [1.807, 2.05) is 38.1 Å². The summed E-state index contributed by atoms with van der Waals surface area (Å²) >= 11 is 0. The van der Waals surface area contributed by atoms with E-state index in [0.717, 1.165) is 16.5 Å². The summed E-state index contributed by atoms with van der Waals surface area (Å²) in [4.78, 5) is 51.8. The number of carbonyl (C=O) groups excluding carboxylic acids is 3. The van der Waals surface area contributed by atoms with Gasteiger partial charge in [-0.3, -0.25) is 14.4 Å². The maximum Gasteiger partial charge on any atom is 0.326 e. The third-order valence-electron chi connectivity index (χ3n) is 5.01. The number of rotatable bonds is 11. The molecule has 1 aromatic heterocycles. The zero-order chi connectivity index (χ0) is 23.8. The highest BCUT2D eigenvalue weighted by Crippen LogP contribution is 2.19. The van der Waals surface area contributed by atoms with Gasteiger partial charge >= 0.3 is 5.97 Å². The second kappa shape index (κ2) is 11.3. The van der Waals surface area contributed by atoms with Crippen molar-refractivity contribution in [2.75, 3.05) is 6.54 Å². The maximum absolute atomic E-state index is 12.9. The Morgan fingerprint density at radius 2 is 1.69 bits per heavy atom. The van der Waals surface area contributed by atoms with Crippen molar-refractivity contribution in [1.29, 1.82) is 0 Å². The van der Waals surface area contributed by atoms with Crippen LogP contribution in [0.5, 0.6) is 0 Å². The number of para-hydroxylation sites is 1. The number of aliphatic carboxylic acids is 1. The highest BCUT2D eigenvalue weighted by Gasteiger charge is 2.28. The monoisotopic (exact) mass is 445 g/mol. The lowest BCUT2D eigenvalue weighted by atomic mass is 10.0. The first kappa shape index (κ1) is 24.9. The first-order valence-corrected chi connectivity index (χ1v) is 10.5. The average Bonchev–Trinajstić information content (AvgIpc) is 3.14. The molecule has 0 radical (unpaired) electrons. The van der Waals surface area contributed by atoms with Crippen molar-refractivity contribution in [3.63, 3.8) is 0 Å². The van der Waals surface area contributed by atoms with Crippen LogP contribution in [-0.2, 0) is 25.6 Å². The van der Waals surface area contributed by atoms with Crippen molar-refractivity contribution < 1.29 is 24.3 Å². The number of nitrogens with two attached hydrogens (primary N) is 1. The summed E-state index contributed by atoms with van der Waals surface area (Å²) < 4.78 is 0. The van der Waals surface area contributed by atoms with E-state index in [4.69, 9.17) is 5.73 Å². The lowest BCUT2D eigenvalue weighted by molar-refractivity contribution is -0.142. The van der Waals surface area contributed by atoms with E-state index in [1.165, 1.54) is 6.92 Å². The summed E-state index contributed by atoms with van der Waals surface area (Å²) in [6.45, 7) is 4.86. The summed E-state index contributed by atoms with van der Waals surface area (Å²) in [6, 6.07) is 4.53. The highest BCUT2D eigenvalue weighted by molar-refractivity contribution is 5.94. The number of hydrogen-bond acceptors (Lipinski definition) is 5. The molecule has 3 amide bonds. The fraction of sp³-hybridized carbons (Fsp3) is 0.455. The van der Waals surface area contributed by atoms with Crippen LogP contribution in [0.15, 0.2) is 30.5 Å². The second-order valence-corrected chi connectivity index (χ2v) is 8.15. The van der Waals surface area contributed by atoms with Crippen LogP contribution >= 0.6 is 0 Å². The third-order valence-corrected chi connectivity index (χ3v) is 5.01. The summed E-state index contributed by atoms with van der Waals surface area (Å²) in [6.07, 6.45) is 2.21. The predicted molar refractivity (Wildman–Crippen MR) is 120 cm³/mol. The number of benzene rings is 1.